The standard InChI is InChI=1S/C18H21FN8O/c1-2-27-18-16(23-24-27)17(20-12-21-18)26-8-6-25(7-9-26)11-15(28)22-14-5-3-4-13(19)10-14/h3-5,10,12H,2,6-9,11H2,1H3,(H,22,28). The quantitative estimate of drug-likeness (QED) is 0.705. The molecule has 9 nitrogen and oxygen atoms in total. The summed E-state index contributed by atoms with van der Waals surface area (Å²) in [5.41, 5.74) is 1.89. The second kappa shape index (κ2) is 7.85. The number of anilines is 2. The lowest BCUT2D eigenvalue weighted by molar-refractivity contribution is -0.117. The number of aryl methyl sites for hydroxylation is 1. The Morgan fingerprint density at radius 1 is 1.21 bits per heavy atom. The third-order valence-corrected chi connectivity index (χ3v) is 4.73. The van der Waals surface area contributed by atoms with Crippen LogP contribution in [0.3, 0.4) is 0 Å². The zero-order valence-corrected chi connectivity index (χ0v) is 15.5. The fraction of sp³-hybridized carbons (Fsp3) is 0.389. The summed E-state index contributed by atoms with van der Waals surface area (Å²) in [5.74, 6) is 0.241. The van der Waals surface area contributed by atoms with Crippen molar-refractivity contribution in [3.8, 4) is 0 Å². The minimum absolute atomic E-state index is 0.158. The van der Waals surface area contributed by atoms with Crippen LogP contribution in [0.15, 0.2) is 30.6 Å². The Balaban J connectivity index is 1.36. The molecule has 3 heterocycles. The van der Waals surface area contributed by atoms with E-state index in [4.69, 9.17) is 0 Å². The van der Waals surface area contributed by atoms with Gasteiger partial charge in [0, 0.05) is 38.4 Å². The SMILES string of the molecule is CCn1nnc2c(N3CCN(CC(=O)Nc4cccc(F)c4)CC3)ncnc21. The van der Waals surface area contributed by atoms with E-state index in [1.165, 1.54) is 18.5 Å². The first-order valence-electron chi connectivity index (χ1n) is 9.21. The number of piperazine rings is 1. The number of aromatic nitrogens is 5. The molecule has 1 saturated heterocycles. The number of halogens is 1. The molecule has 1 aromatic carbocycles. The number of fused-ring (bicyclic) bond motifs is 1. The molecule has 3 aromatic rings. The molecule has 1 aliphatic rings. The van der Waals surface area contributed by atoms with Crippen LogP contribution >= 0.6 is 0 Å². The Kier molecular flexibility index (Phi) is 5.11. The van der Waals surface area contributed by atoms with Crippen molar-refractivity contribution in [2.75, 3.05) is 42.9 Å². The van der Waals surface area contributed by atoms with Crippen molar-refractivity contribution in [2.24, 2.45) is 0 Å². The maximum absolute atomic E-state index is 13.2. The van der Waals surface area contributed by atoms with Crippen molar-refractivity contribution >= 4 is 28.6 Å². The van der Waals surface area contributed by atoms with E-state index in [0.717, 1.165) is 24.6 Å². The maximum atomic E-state index is 13.2. The van der Waals surface area contributed by atoms with E-state index in [2.05, 4.69) is 35.4 Å². The van der Waals surface area contributed by atoms with E-state index in [9.17, 15) is 9.18 Å². The largest absolute Gasteiger partial charge is 0.352 e. The highest BCUT2D eigenvalue weighted by Crippen LogP contribution is 2.21. The van der Waals surface area contributed by atoms with Crippen molar-refractivity contribution in [2.45, 2.75) is 13.5 Å². The second-order valence-corrected chi connectivity index (χ2v) is 6.60. The highest BCUT2D eigenvalue weighted by Gasteiger charge is 2.23. The number of rotatable bonds is 5. The predicted molar refractivity (Wildman–Crippen MR) is 102 cm³/mol. The van der Waals surface area contributed by atoms with E-state index < -0.39 is 0 Å². The molecule has 0 radical (unpaired) electrons. The summed E-state index contributed by atoms with van der Waals surface area (Å²) in [7, 11) is 0. The van der Waals surface area contributed by atoms with Gasteiger partial charge in [0.05, 0.1) is 6.54 Å². The lowest BCUT2D eigenvalue weighted by Crippen LogP contribution is -2.49. The van der Waals surface area contributed by atoms with E-state index in [1.807, 2.05) is 6.92 Å². The fourth-order valence-corrected chi connectivity index (χ4v) is 3.31. The van der Waals surface area contributed by atoms with Crippen molar-refractivity contribution in [3.63, 3.8) is 0 Å². The number of hydrogen-bond acceptors (Lipinski definition) is 7. The molecule has 4 rings (SSSR count). The maximum Gasteiger partial charge on any atom is 0.238 e. The Labute approximate surface area is 161 Å². The third-order valence-electron chi connectivity index (χ3n) is 4.73. The van der Waals surface area contributed by atoms with Gasteiger partial charge in [-0.1, -0.05) is 11.3 Å². The first-order valence-corrected chi connectivity index (χ1v) is 9.21. The van der Waals surface area contributed by atoms with Gasteiger partial charge in [0.15, 0.2) is 17.0 Å². The molecule has 10 heteroatoms. The number of nitrogens with zero attached hydrogens (tertiary/aromatic N) is 7. The lowest BCUT2D eigenvalue weighted by Gasteiger charge is -2.34. The highest BCUT2D eigenvalue weighted by atomic mass is 19.1. The number of carbonyl (C=O) groups is 1. The van der Waals surface area contributed by atoms with Gasteiger partial charge in [-0.3, -0.25) is 9.69 Å². The Hall–Kier alpha value is -3.14. The number of hydrogen-bond donors (Lipinski definition) is 1. The minimum Gasteiger partial charge on any atom is -0.352 e. The first kappa shape index (κ1) is 18.2. The van der Waals surface area contributed by atoms with E-state index in [1.54, 1.807) is 16.8 Å². The average molecular weight is 384 g/mol. The second-order valence-electron chi connectivity index (χ2n) is 6.60. The molecule has 28 heavy (non-hydrogen) atoms. The van der Waals surface area contributed by atoms with E-state index >= 15 is 0 Å². The summed E-state index contributed by atoms with van der Waals surface area (Å²) in [6, 6.07) is 5.89. The van der Waals surface area contributed by atoms with E-state index in [-0.39, 0.29) is 18.3 Å². The molecule has 0 bridgehead atoms. The van der Waals surface area contributed by atoms with Crippen LogP contribution in [-0.4, -0.2) is 68.5 Å². The van der Waals surface area contributed by atoms with Crippen LogP contribution in [0.4, 0.5) is 15.9 Å². The van der Waals surface area contributed by atoms with Crippen LogP contribution < -0.4 is 10.2 Å². The van der Waals surface area contributed by atoms with Crippen LogP contribution in [0.25, 0.3) is 11.2 Å². The van der Waals surface area contributed by atoms with E-state index in [0.29, 0.717) is 30.8 Å². The van der Waals surface area contributed by atoms with Crippen LogP contribution in [0.2, 0.25) is 0 Å². The Bertz CT molecular complexity index is 983. The fourth-order valence-electron chi connectivity index (χ4n) is 3.31. The number of benzene rings is 1. The van der Waals surface area contributed by atoms with Crippen LogP contribution in [0.5, 0.6) is 0 Å². The summed E-state index contributed by atoms with van der Waals surface area (Å²) < 4.78 is 15.0. The van der Waals surface area contributed by atoms with Crippen LogP contribution in [0, 0.1) is 5.82 Å². The monoisotopic (exact) mass is 384 g/mol. The van der Waals surface area contributed by atoms with Crippen molar-refractivity contribution in [3.05, 3.63) is 36.4 Å². The summed E-state index contributed by atoms with van der Waals surface area (Å²) in [6.45, 7) is 5.81. The number of amides is 1. The van der Waals surface area contributed by atoms with Gasteiger partial charge in [-0.15, -0.1) is 5.10 Å². The summed E-state index contributed by atoms with van der Waals surface area (Å²) in [6.07, 6.45) is 1.53. The molecule has 1 fully saturated rings. The molecule has 1 aliphatic heterocycles. The summed E-state index contributed by atoms with van der Waals surface area (Å²) in [4.78, 5) is 25.1. The number of carbonyl (C=O) groups excluding carboxylic acids is 1. The molecular formula is C18H21FN8O. The molecule has 0 atom stereocenters. The number of nitrogens with one attached hydrogen (secondary N) is 1. The summed E-state index contributed by atoms with van der Waals surface area (Å²) in [5, 5.41) is 11.1. The van der Waals surface area contributed by atoms with Gasteiger partial charge < -0.3 is 10.2 Å². The van der Waals surface area contributed by atoms with Gasteiger partial charge in [-0.2, -0.15) is 0 Å². The first-order chi connectivity index (χ1) is 13.6. The van der Waals surface area contributed by atoms with Crippen LogP contribution in [0.1, 0.15) is 6.92 Å². The topological polar surface area (TPSA) is 92.1 Å². The van der Waals surface area contributed by atoms with Gasteiger partial charge in [0.2, 0.25) is 5.91 Å². The Morgan fingerprint density at radius 3 is 2.79 bits per heavy atom. The summed E-state index contributed by atoms with van der Waals surface area (Å²) >= 11 is 0. The normalized spacial score (nSPS) is 15.1. The van der Waals surface area contributed by atoms with Gasteiger partial charge in [-0.05, 0) is 25.1 Å². The zero-order chi connectivity index (χ0) is 19.5. The molecule has 1 N–H and O–H groups in total. The van der Waals surface area contributed by atoms with Crippen molar-refractivity contribution in [1.82, 2.24) is 29.9 Å². The van der Waals surface area contributed by atoms with Gasteiger partial charge in [0.25, 0.3) is 0 Å². The van der Waals surface area contributed by atoms with Gasteiger partial charge in [0.1, 0.15) is 12.1 Å². The van der Waals surface area contributed by atoms with Crippen molar-refractivity contribution in [1.29, 1.82) is 0 Å². The Morgan fingerprint density at radius 2 is 2.04 bits per heavy atom. The van der Waals surface area contributed by atoms with Crippen molar-refractivity contribution < 1.29 is 9.18 Å². The molecule has 0 saturated carbocycles. The lowest BCUT2D eigenvalue weighted by atomic mass is 10.3. The van der Waals surface area contributed by atoms with Crippen LogP contribution in [-0.2, 0) is 11.3 Å². The molecule has 0 aliphatic carbocycles. The zero-order valence-electron chi connectivity index (χ0n) is 15.5. The smallest absolute Gasteiger partial charge is 0.238 e. The molecular weight excluding hydrogens is 363 g/mol. The molecule has 0 spiro atoms. The molecule has 146 valence electrons. The van der Waals surface area contributed by atoms with Gasteiger partial charge >= 0.3 is 0 Å². The average Bonchev–Trinajstić information content (AvgIpc) is 3.12. The molecule has 0 unspecified atom stereocenters. The minimum atomic E-state index is -0.373. The van der Waals surface area contributed by atoms with Gasteiger partial charge in [-0.25, -0.2) is 19.0 Å². The highest BCUT2D eigenvalue weighted by molar-refractivity contribution is 5.92. The predicted octanol–water partition coefficient (Wildman–Crippen LogP) is 1.14. The molecule has 2 aromatic heterocycles. The third kappa shape index (κ3) is 3.77. The molecule has 1 amide bonds.